The number of rotatable bonds is 5. The summed E-state index contributed by atoms with van der Waals surface area (Å²) in [5, 5.41) is 5.26. The zero-order valence-electron chi connectivity index (χ0n) is 11.0. The van der Waals surface area contributed by atoms with Crippen LogP contribution in [0.5, 0.6) is 0 Å². The lowest BCUT2D eigenvalue weighted by Gasteiger charge is -1.99. The van der Waals surface area contributed by atoms with Gasteiger partial charge in [0.1, 0.15) is 10.7 Å². The average molecular weight is 311 g/mol. The molecular formula is C12H13N3O3S2. The molecule has 2 rings (SSSR count). The van der Waals surface area contributed by atoms with Crippen LogP contribution in [0.4, 0.5) is 0 Å². The molecule has 0 unspecified atom stereocenters. The minimum Gasteiger partial charge on any atom is -0.461 e. The number of hydrogen-bond acceptors (Lipinski definition) is 7. The lowest BCUT2D eigenvalue weighted by atomic mass is 10.4. The van der Waals surface area contributed by atoms with E-state index in [-0.39, 0.29) is 23.2 Å². The van der Waals surface area contributed by atoms with Crippen molar-refractivity contribution < 1.29 is 14.3 Å². The van der Waals surface area contributed by atoms with E-state index in [9.17, 15) is 9.59 Å². The van der Waals surface area contributed by atoms with Crippen LogP contribution < -0.4 is 5.32 Å². The average Bonchev–Trinajstić information content (AvgIpc) is 3.05. The van der Waals surface area contributed by atoms with Crippen LogP contribution in [-0.2, 0) is 11.3 Å². The molecule has 0 spiro atoms. The Morgan fingerprint density at radius 1 is 1.45 bits per heavy atom. The van der Waals surface area contributed by atoms with Crippen LogP contribution >= 0.6 is 22.7 Å². The summed E-state index contributed by atoms with van der Waals surface area (Å²) in [5.74, 6) is -0.836. The molecule has 20 heavy (non-hydrogen) atoms. The number of ether oxygens (including phenoxy) is 1. The molecule has 8 heteroatoms. The number of esters is 1. The Kier molecular flexibility index (Phi) is 4.80. The molecule has 6 nitrogen and oxygen atoms in total. The first kappa shape index (κ1) is 14.6. The van der Waals surface area contributed by atoms with E-state index in [4.69, 9.17) is 4.74 Å². The van der Waals surface area contributed by atoms with Gasteiger partial charge in [0.15, 0.2) is 0 Å². The number of hydrogen-bond donors (Lipinski definition) is 1. The first-order valence-electron chi connectivity index (χ1n) is 5.92. The number of thiazole rings is 2. The summed E-state index contributed by atoms with van der Waals surface area (Å²) in [6.45, 7) is 4.30. The number of nitrogens with one attached hydrogen (secondary N) is 1. The molecule has 0 aliphatic carbocycles. The van der Waals surface area contributed by atoms with E-state index in [1.54, 1.807) is 13.1 Å². The summed E-state index contributed by atoms with van der Waals surface area (Å²) >= 11 is 2.62. The quantitative estimate of drug-likeness (QED) is 0.854. The molecule has 1 amide bonds. The summed E-state index contributed by atoms with van der Waals surface area (Å²) in [6, 6.07) is 0. The van der Waals surface area contributed by atoms with Crippen LogP contribution in [0.1, 0.15) is 37.1 Å². The fraction of sp³-hybridized carbons (Fsp3) is 0.333. The molecule has 0 aromatic carbocycles. The normalized spacial score (nSPS) is 10.3. The maximum Gasteiger partial charge on any atom is 0.367 e. The Morgan fingerprint density at radius 2 is 2.25 bits per heavy atom. The van der Waals surface area contributed by atoms with Crippen LogP contribution in [0.15, 0.2) is 11.6 Å². The van der Waals surface area contributed by atoms with Crippen LogP contribution in [0.3, 0.4) is 0 Å². The van der Waals surface area contributed by atoms with E-state index in [1.807, 2.05) is 6.92 Å². The van der Waals surface area contributed by atoms with E-state index in [1.165, 1.54) is 16.7 Å². The van der Waals surface area contributed by atoms with Crippen LogP contribution in [-0.4, -0.2) is 28.5 Å². The minimum absolute atomic E-state index is 0.182. The van der Waals surface area contributed by atoms with Gasteiger partial charge < -0.3 is 10.1 Å². The predicted octanol–water partition coefficient (Wildman–Crippen LogP) is 2.01. The summed E-state index contributed by atoms with van der Waals surface area (Å²) < 4.78 is 4.82. The molecule has 0 radical (unpaired) electrons. The second kappa shape index (κ2) is 6.58. The monoisotopic (exact) mass is 311 g/mol. The standard InChI is InChI=1S/C12H13N3O3S2/c1-3-18-12(17)11-15-8(6-19-11)10(16)14-5-9-13-4-7(2)20-9/h4,6H,3,5H2,1-2H3,(H,14,16). The van der Waals surface area contributed by atoms with Crippen molar-refractivity contribution in [2.24, 2.45) is 0 Å². The smallest absolute Gasteiger partial charge is 0.367 e. The lowest BCUT2D eigenvalue weighted by Crippen LogP contribution is -2.23. The largest absolute Gasteiger partial charge is 0.461 e. The van der Waals surface area contributed by atoms with Gasteiger partial charge >= 0.3 is 5.97 Å². The Balaban J connectivity index is 1.94. The minimum atomic E-state index is -0.507. The Hall–Kier alpha value is -1.80. The van der Waals surface area contributed by atoms with Crippen molar-refractivity contribution in [1.82, 2.24) is 15.3 Å². The van der Waals surface area contributed by atoms with Crippen molar-refractivity contribution in [3.63, 3.8) is 0 Å². The number of carbonyl (C=O) groups excluding carboxylic acids is 2. The molecule has 0 saturated carbocycles. The molecule has 0 bridgehead atoms. The second-order valence-corrected chi connectivity index (χ2v) is 5.98. The van der Waals surface area contributed by atoms with E-state index in [0.29, 0.717) is 6.54 Å². The number of aromatic nitrogens is 2. The molecule has 0 atom stereocenters. The second-order valence-electron chi connectivity index (χ2n) is 3.81. The molecule has 2 aromatic rings. The first-order valence-corrected chi connectivity index (χ1v) is 7.62. The molecule has 0 fully saturated rings. The van der Waals surface area contributed by atoms with Gasteiger partial charge in [-0.2, -0.15) is 0 Å². The summed E-state index contributed by atoms with van der Waals surface area (Å²) in [5.41, 5.74) is 0.214. The van der Waals surface area contributed by atoms with Crippen molar-refractivity contribution in [1.29, 1.82) is 0 Å². The van der Waals surface area contributed by atoms with Gasteiger partial charge in [0, 0.05) is 16.5 Å². The highest BCUT2D eigenvalue weighted by Gasteiger charge is 2.16. The molecule has 2 aromatic heterocycles. The van der Waals surface area contributed by atoms with E-state index in [0.717, 1.165) is 21.2 Å². The SMILES string of the molecule is CCOC(=O)c1nc(C(=O)NCc2ncc(C)s2)cs1. The third-order valence-corrected chi connectivity index (χ3v) is 3.99. The van der Waals surface area contributed by atoms with E-state index < -0.39 is 5.97 Å². The van der Waals surface area contributed by atoms with Gasteiger partial charge in [-0.1, -0.05) is 0 Å². The van der Waals surface area contributed by atoms with Crippen LogP contribution in [0, 0.1) is 6.92 Å². The van der Waals surface area contributed by atoms with Gasteiger partial charge in [-0.25, -0.2) is 14.8 Å². The number of aryl methyl sites for hydroxylation is 1. The molecule has 0 aliphatic rings. The van der Waals surface area contributed by atoms with E-state index in [2.05, 4.69) is 15.3 Å². The Bertz CT molecular complexity index is 621. The first-order chi connectivity index (χ1) is 9.60. The van der Waals surface area contributed by atoms with Crippen molar-refractivity contribution in [3.05, 3.63) is 32.2 Å². The number of amides is 1. The molecule has 106 valence electrons. The Labute approximate surface area is 123 Å². The van der Waals surface area contributed by atoms with Crippen LogP contribution in [0.2, 0.25) is 0 Å². The van der Waals surface area contributed by atoms with Crippen LogP contribution in [0.25, 0.3) is 0 Å². The van der Waals surface area contributed by atoms with Crippen molar-refractivity contribution in [2.45, 2.75) is 20.4 Å². The van der Waals surface area contributed by atoms with Gasteiger partial charge in [0.25, 0.3) is 5.91 Å². The highest BCUT2D eigenvalue weighted by Crippen LogP contribution is 2.13. The number of nitrogens with zero attached hydrogens (tertiary/aromatic N) is 2. The van der Waals surface area contributed by atoms with E-state index >= 15 is 0 Å². The van der Waals surface area contributed by atoms with Gasteiger partial charge in [-0.3, -0.25) is 4.79 Å². The topological polar surface area (TPSA) is 81.2 Å². The van der Waals surface area contributed by atoms with Crippen molar-refractivity contribution in [2.75, 3.05) is 6.61 Å². The van der Waals surface area contributed by atoms with Crippen molar-refractivity contribution >= 4 is 34.6 Å². The fourth-order valence-electron chi connectivity index (χ4n) is 1.39. The predicted molar refractivity (Wildman–Crippen MR) is 76.1 cm³/mol. The maximum absolute atomic E-state index is 11.9. The number of carbonyl (C=O) groups is 2. The lowest BCUT2D eigenvalue weighted by molar-refractivity contribution is 0.0526. The summed E-state index contributed by atoms with van der Waals surface area (Å²) in [4.78, 5) is 32.5. The van der Waals surface area contributed by atoms with Gasteiger partial charge in [-0.15, -0.1) is 22.7 Å². The zero-order chi connectivity index (χ0) is 14.5. The maximum atomic E-state index is 11.9. The van der Waals surface area contributed by atoms with Gasteiger partial charge in [0.05, 0.1) is 13.2 Å². The molecular weight excluding hydrogens is 298 g/mol. The zero-order valence-corrected chi connectivity index (χ0v) is 12.6. The summed E-state index contributed by atoms with van der Waals surface area (Å²) in [6.07, 6.45) is 1.76. The fourth-order valence-corrected chi connectivity index (χ4v) is 2.81. The van der Waals surface area contributed by atoms with Gasteiger partial charge in [-0.05, 0) is 13.8 Å². The summed E-state index contributed by atoms with van der Waals surface area (Å²) in [7, 11) is 0. The molecule has 1 N–H and O–H groups in total. The van der Waals surface area contributed by atoms with Gasteiger partial charge in [0.2, 0.25) is 5.01 Å². The highest BCUT2D eigenvalue weighted by molar-refractivity contribution is 7.12. The highest BCUT2D eigenvalue weighted by atomic mass is 32.1. The molecule has 2 heterocycles. The molecule has 0 saturated heterocycles. The Morgan fingerprint density at radius 3 is 2.90 bits per heavy atom. The molecule has 0 aliphatic heterocycles. The third-order valence-electron chi connectivity index (χ3n) is 2.26. The van der Waals surface area contributed by atoms with Crippen molar-refractivity contribution in [3.8, 4) is 0 Å². The third kappa shape index (κ3) is 3.61.